The molecule has 0 saturated carbocycles. The first kappa shape index (κ1) is 11.8. The molecular formula is C10H13BrClNO. The van der Waals surface area contributed by atoms with Crippen LogP contribution in [-0.2, 0) is 5.54 Å². The van der Waals surface area contributed by atoms with Gasteiger partial charge in [-0.25, -0.2) is 0 Å². The molecule has 0 bridgehead atoms. The van der Waals surface area contributed by atoms with Crippen molar-refractivity contribution in [2.75, 3.05) is 7.11 Å². The van der Waals surface area contributed by atoms with Gasteiger partial charge in [-0.15, -0.1) is 0 Å². The number of hydrogen-bond acceptors (Lipinski definition) is 2. The van der Waals surface area contributed by atoms with Crippen LogP contribution in [0.2, 0.25) is 5.02 Å². The molecule has 0 spiro atoms. The number of methoxy groups -OCH3 is 1. The van der Waals surface area contributed by atoms with Crippen LogP contribution in [0.25, 0.3) is 0 Å². The Balaban J connectivity index is 3.32. The number of ether oxygens (including phenoxy) is 1. The van der Waals surface area contributed by atoms with E-state index in [0.29, 0.717) is 10.8 Å². The van der Waals surface area contributed by atoms with Crippen LogP contribution in [0, 0.1) is 0 Å². The molecule has 1 aromatic rings. The van der Waals surface area contributed by atoms with Crippen LogP contribution in [0.3, 0.4) is 0 Å². The molecule has 0 radical (unpaired) electrons. The van der Waals surface area contributed by atoms with Gasteiger partial charge in [-0.2, -0.15) is 0 Å². The highest BCUT2D eigenvalue weighted by Crippen LogP contribution is 2.35. The van der Waals surface area contributed by atoms with Gasteiger partial charge < -0.3 is 10.5 Å². The summed E-state index contributed by atoms with van der Waals surface area (Å²) in [6.45, 7) is 3.86. The van der Waals surface area contributed by atoms with Crippen LogP contribution in [0.5, 0.6) is 5.75 Å². The van der Waals surface area contributed by atoms with E-state index in [2.05, 4.69) is 15.9 Å². The van der Waals surface area contributed by atoms with Crippen molar-refractivity contribution < 1.29 is 4.74 Å². The van der Waals surface area contributed by atoms with Crippen molar-refractivity contribution in [1.82, 2.24) is 0 Å². The molecule has 2 N–H and O–H groups in total. The van der Waals surface area contributed by atoms with Crippen LogP contribution in [0.1, 0.15) is 19.4 Å². The summed E-state index contributed by atoms with van der Waals surface area (Å²) in [5.41, 5.74) is 6.55. The molecule has 0 atom stereocenters. The molecule has 0 fully saturated rings. The average Bonchev–Trinajstić information content (AvgIpc) is 2.02. The summed E-state index contributed by atoms with van der Waals surface area (Å²) < 4.78 is 6.03. The lowest BCUT2D eigenvalue weighted by Crippen LogP contribution is -2.29. The van der Waals surface area contributed by atoms with Gasteiger partial charge in [0.15, 0.2) is 0 Å². The maximum atomic E-state index is 6.00. The Morgan fingerprint density at radius 3 is 2.43 bits per heavy atom. The van der Waals surface area contributed by atoms with Gasteiger partial charge in [0.1, 0.15) is 5.75 Å². The molecule has 0 aromatic heterocycles. The van der Waals surface area contributed by atoms with Crippen LogP contribution in [0.15, 0.2) is 16.6 Å². The lowest BCUT2D eigenvalue weighted by molar-refractivity contribution is 0.412. The predicted octanol–water partition coefficient (Wildman–Crippen LogP) is 3.30. The van der Waals surface area contributed by atoms with Crippen molar-refractivity contribution in [1.29, 1.82) is 0 Å². The van der Waals surface area contributed by atoms with Crippen LogP contribution in [-0.4, -0.2) is 7.11 Å². The summed E-state index contributed by atoms with van der Waals surface area (Å²) in [4.78, 5) is 0. The van der Waals surface area contributed by atoms with E-state index in [1.165, 1.54) is 0 Å². The molecule has 0 unspecified atom stereocenters. The van der Waals surface area contributed by atoms with Gasteiger partial charge in [0.25, 0.3) is 0 Å². The number of halogens is 2. The fourth-order valence-corrected chi connectivity index (χ4v) is 2.41. The van der Waals surface area contributed by atoms with E-state index in [-0.39, 0.29) is 0 Å². The maximum Gasteiger partial charge on any atom is 0.137 e. The largest absolute Gasteiger partial charge is 0.495 e. The summed E-state index contributed by atoms with van der Waals surface area (Å²) in [5.74, 6) is 0.642. The first-order valence-electron chi connectivity index (χ1n) is 4.18. The zero-order valence-electron chi connectivity index (χ0n) is 8.40. The van der Waals surface area contributed by atoms with E-state index in [0.717, 1.165) is 10.0 Å². The van der Waals surface area contributed by atoms with E-state index in [9.17, 15) is 0 Å². The number of benzene rings is 1. The summed E-state index contributed by atoms with van der Waals surface area (Å²) >= 11 is 9.38. The second kappa shape index (κ2) is 4.09. The van der Waals surface area contributed by atoms with Crippen LogP contribution in [0.4, 0.5) is 0 Å². The Kier molecular flexibility index (Phi) is 3.45. The van der Waals surface area contributed by atoms with E-state index in [1.807, 2.05) is 19.9 Å². The van der Waals surface area contributed by atoms with Crippen LogP contribution >= 0.6 is 27.5 Å². The fourth-order valence-electron chi connectivity index (χ4n) is 1.18. The Bertz CT molecular complexity index is 347. The van der Waals surface area contributed by atoms with E-state index < -0.39 is 5.54 Å². The Hall–Kier alpha value is -0.250. The van der Waals surface area contributed by atoms with Gasteiger partial charge in [-0.3, -0.25) is 0 Å². The van der Waals surface area contributed by atoms with Crippen molar-refractivity contribution in [3.63, 3.8) is 0 Å². The zero-order chi connectivity index (χ0) is 10.9. The fraction of sp³-hybridized carbons (Fsp3) is 0.400. The molecule has 2 nitrogen and oxygen atoms in total. The lowest BCUT2D eigenvalue weighted by Gasteiger charge is -2.22. The zero-order valence-corrected chi connectivity index (χ0v) is 10.7. The Morgan fingerprint density at radius 2 is 2.00 bits per heavy atom. The normalized spacial score (nSPS) is 11.6. The number of rotatable bonds is 2. The minimum atomic E-state index is -0.420. The van der Waals surface area contributed by atoms with Crippen LogP contribution < -0.4 is 10.5 Å². The Morgan fingerprint density at radius 1 is 1.43 bits per heavy atom. The molecule has 0 aliphatic carbocycles. The molecule has 14 heavy (non-hydrogen) atoms. The van der Waals surface area contributed by atoms with Crippen molar-refractivity contribution in [3.05, 3.63) is 27.2 Å². The Labute approximate surface area is 97.5 Å². The third kappa shape index (κ3) is 2.41. The highest BCUT2D eigenvalue weighted by Gasteiger charge is 2.19. The molecular weight excluding hydrogens is 265 g/mol. The lowest BCUT2D eigenvalue weighted by atomic mass is 9.95. The highest BCUT2D eigenvalue weighted by atomic mass is 79.9. The molecule has 0 aliphatic heterocycles. The maximum absolute atomic E-state index is 6.00. The summed E-state index contributed by atoms with van der Waals surface area (Å²) in [6.07, 6.45) is 0. The van der Waals surface area contributed by atoms with Crippen molar-refractivity contribution in [2.45, 2.75) is 19.4 Å². The molecule has 1 aromatic carbocycles. The van der Waals surface area contributed by atoms with Crippen molar-refractivity contribution in [3.8, 4) is 5.75 Å². The van der Waals surface area contributed by atoms with E-state index >= 15 is 0 Å². The molecule has 78 valence electrons. The molecule has 0 aliphatic rings. The third-order valence-electron chi connectivity index (χ3n) is 1.94. The average molecular weight is 279 g/mol. The van der Waals surface area contributed by atoms with Crippen molar-refractivity contribution >= 4 is 27.5 Å². The SMILES string of the molecule is COc1cc(C(C)(C)N)c(Br)cc1Cl. The topological polar surface area (TPSA) is 35.2 Å². The second-order valence-corrected chi connectivity index (χ2v) is 4.95. The minimum absolute atomic E-state index is 0.420. The first-order chi connectivity index (χ1) is 6.36. The van der Waals surface area contributed by atoms with E-state index in [4.69, 9.17) is 22.1 Å². The first-order valence-corrected chi connectivity index (χ1v) is 5.35. The molecule has 0 saturated heterocycles. The van der Waals surface area contributed by atoms with Gasteiger partial charge in [0, 0.05) is 10.0 Å². The second-order valence-electron chi connectivity index (χ2n) is 3.69. The van der Waals surface area contributed by atoms with Gasteiger partial charge in [-0.1, -0.05) is 27.5 Å². The molecule has 0 heterocycles. The standard InChI is InChI=1S/C10H13BrClNO/c1-10(2,13)6-4-9(14-3)8(12)5-7(6)11/h4-5H,13H2,1-3H3. The summed E-state index contributed by atoms with van der Waals surface area (Å²) in [7, 11) is 1.59. The summed E-state index contributed by atoms with van der Waals surface area (Å²) in [5, 5.41) is 0.576. The van der Waals surface area contributed by atoms with E-state index in [1.54, 1.807) is 13.2 Å². The smallest absolute Gasteiger partial charge is 0.137 e. The van der Waals surface area contributed by atoms with Gasteiger partial charge in [0.2, 0.25) is 0 Å². The molecule has 1 rings (SSSR count). The summed E-state index contributed by atoms with van der Waals surface area (Å²) in [6, 6.07) is 3.65. The van der Waals surface area contributed by atoms with Gasteiger partial charge in [0.05, 0.1) is 12.1 Å². The molecule has 4 heteroatoms. The number of hydrogen-bond donors (Lipinski definition) is 1. The predicted molar refractivity (Wildman–Crippen MR) is 62.9 cm³/mol. The minimum Gasteiger partial charge on any atom is -0.495 e. The highest BCUT2D eigenvalue weighted by molar-refractivity contribution is 9.10. The quantitative estimate of drug-likeness (QED) is 0.901. The van der Waals surface area contributed by atoms with Crippen molar-refractivity contribution in [2.24, 2.45) is 5.73 Å². The van der Waals surface area contributed by atoms with Gasteiger partial charge >= 0.3 is 0 Å². The monoisotopic (exact) mass is 277 g/mol. The number of nitrogens with two attached hydrogens (primary N) is 1. The third-order valence-corrected chi connectivity index (χ3v) is 2.89. The molecule has 0 amide bonds. The van der Waals surface area contributed by atoms with Gasteiger partial charge in [-0.05, 0) is 31.5 Å².